The molecule has 2 N–H and O–H groups in total. The number of carbonyl (C=O) groups is 2. The first-order chi connectivity index (χ1) is 22.9. The number of aliphatic hydroxyl groups is 2. The molecule has 2 aliphatic carbocycles. The van der Waals surface area contributed by atoms with Gasteiger partial charge in [-0.05, 0) is 43.4 Å². The van der Waals surface area contributed by atoms with Crippen LogP contribution in [0.1, 0.15) is 82.5 Å². The molecule has 6 saturated heterocycles. The van der Waals surface area contributed by atoms with E-state index in [1.165, 1.54) is 0 Å². The van der Waals surface area contributed by atoms with E-state index in [9.17, 15) is 19.8 Å². The first-order valence-electron chi connectivity index (χ1n) is 17.8. The van der Waals surface area contributed by atoms with Gasteiger partial charge in [-0.2, -0.15) is 0 Å². The minimum absolute atomic E-state index is 0.000293. The van der Waals surface area contributed by atoms with Crippen molar-refractivity contribution >= 4 is 11.9 Å². The van der Waals surface area contributed by atoms with Crippen LogP contribution < -0.4 is 0 Å². The Hall–Kier alpha value is -2.38. The fourth-order valence-electron chi connectivity index (χ4n) is 11.5. The van der Waals surface area contributed by atoms with Crippen LogP contribution in [-0.4, -0.2) is 87.8 Å². The van der Waals surface area contributed by atoms with Gasteiger partial charge in [0.2, 0.25) is 11.4 Å². The van der Waals surface area contributed by atoms with Crippen molar-refractivity contribution in [2.24, 2.45) is 29.6 Å². The van der Waals surface area contributed by atoms with Crippen LogP contribution in [0.15, 0.2) is 42.5 Å². The van der Waals surface area contributed by atoms with Gasteiger partial charge in [-0.15, -0.1) is 0 Å². The molecule has 1 unspecified atom stereocenters. The van der Waals surface area contributed by atoms with Gasteiger partial charge in [-0.25, -0.2) is 9.59 Å². The maximum atomic E-state index is 14.4. The van der Waals surface area contributed by atoms with E-state index in [0.29, 0.717) is 18.4 Å². The summed E-state index contributed by atoms with van der Waals surface area (Å²) in [7, 11) is 0. The zero-order valence-corrected chi connectivity index (χ0v) is 27.9. The first kappa shape index (κ1) is 31.6. The molecule has 1 aromatic carbocycles. The molecule has 11 nitrogen and oxygen atoms in total. The molecule has 260 valence electrons. The second-order valence-electron chi connectivity index (χ2n) is 16.0. The van der Waals surface area contributed by atoms with Crippen LogP contribution in [0.3, 0.4) is 0 Å². The summed E-state index contributed by atoms with van der Waals surface area (Å²) >= 11 is 0. The third-order valence-electron chi connectivity index (χ3n) is 13.5. The van der Waals surface area contributed by atoms with Crippen molar-refractivity contribution in [3.8, 4) is 0 Å². The van der Waals surface area contributed by atoms with Crippen molar-refractivity contribution < 1.29 is 53.0 Å². The van der Waals surface area contributed by atoms with Crippen LogP contribution in [0, 0.1) is 29.6 Å². The second-order valence-corrected chi connectivity index (χ2v) is 16.0. The predicted molar refractivity (Wildman–Crippen MR) is 166 cm³/mol. The highest BCUT2D eigenvalue weighted by Gasteiger charge is 2.94. The molecule has 0 aromatic heterocycles. The highest BCUT2D eigenvalue weighted by atomic mass is 16.9. The number of epoxide rings is 1. The Morgan fingerprint density at radius 2 is 1.77 bits per heavy atom. The molecule has 9 rings (SSSR count). The summed E-state index contributed by atoms with van der Waals surface area (Å²) < 4.78 is 47.0. The summed E-state index contributed by atoms with van der Waals surface area (Å²) in [5.41, 5.74) is -4.63. The maximum absolute atomic E-state index is 14.4. The van der Waals surface area contributed by atoms with Crippen LogP contribution in [0.25, 0.3) is 0 Å². The smallest absolute Gasteiger partial charge is 0.344 e. The second kappa shape index (κ2) is 10.1. The minimum Gasteiger partial charge on any atom is -0.462 e. The van der Waals surface area contributed by atoms with Gasteiger partial charge in [-0.3, -0.25) is 0 Å². The number of carbonyl (C=O) groups excluding carboxylic acids is 2. The molecule has 0 radical (unpaired) electrons. The molecule has 11 heteroatoms. The molecule has 1 aromatic rings. The highest BCUT2D eigenvalue weighted by Crippen LogP contribution is 2.77. The van der Waals surface area contributed by atoms with Crippen molar-refractivity contribution in [3.05, 3.63) is 48.0 Å². The van der Waals surface area contributed by atoms with Gasteiger partial charge >= 0.3 is 11.9 Å². The predicted octanol–water partition coefficient (Wildman–Crippen LogP) is 3.79. The van der Waals surface area contributed by atoms with Crippen molar-refractivity contribution in [1.29, 1.82) is 0 Å². The van der Waals surface area contributed by atoms with E-state index in [2.05, 4.69) is 13.5 Å². The van der Waals surface area contributed by atoms with Crippen LogP contribution in [0.4, 0.5) is 0 Å². The topological polar surface area (TPSA) is 143 Å². The lowest BCUT2D eigenvalue weighted by Crippen LogP contribution is -2.75. The number of hydrogen-bond donors (Lipinski definition) is 2. The molecule has 2 saturated carbocycles. The third-order valence-corrected chi connectivity index (χ3v) is 13.5. The van der Waals surface area contributed by atoms with Gasteiger partial charge in [0.05, 0.1) is 24.4 Å². The van der Waals surface area contributed by atoms with Crippen LogP contribution in [-0.2, 0) is 38.0 Å². The zero-order chi connectivity index (χ0) is 33.5. The average molecular weight is 667 g/mol. The summed E-state index contributed by atoms with van der Waals surface area (Å²) in [6.45, 7) is 9.66. The van der Waals surface area contributed by atoms with Crippen LogP contribution in [0.2, 0.25) is 0 Å². The molecule has 14 atom stereocenters. The Kier molecular flexibility index (Phi) is 6.66. The Morgan fingerprint density at radius 1 is 1.02 bits per heavy atom. The summed E-state index contributed by atoms with van der Waals surface area (Å²) in [4.78, 5) is 27.9. The van der Waals surface area contributed by atoms with Crippen molar-refractivity contribution in [3.63, 3.8) is 0 Å². The molecule has 3 spiro atoms. The summed E-state index contributed by atoms with van der Waals surface area (Å²) in [5.74, 6) is -6.37. The Bertz CT molecular complexity index is 1550. The number of fused-ring (bicyclic) bond motifs is 3. The molecule has 8 aliphatic rings. The SMILES string of the molecule is C=C(C)[C@@]12C[C@@H](COC(=O)c3ccccc3)[C@]34OC5(CCCCCCC[C@H](C)[C@@H]6[C@@H]3[C@]3(O[C@]6(C)OC3=O)[C@H](O)[C@@]3(CO)O[C@H]3[C@H]4[C@H]1O5)O2. The van der Waals surface area contributed by atoms with Gasteiger partial charge in [0.1, 0.15) is 29.5 Å². The quantitative estimate of drug-likeness (QED) is 0.269. The minimum atomic E-state index is -1.91. The van der Waals surface area contributed by atoms with E-state index in [1.54, 1.807) is 31.2 Å². The molecule has 6 aliphatic heterocycles. The lowest BCUT2D eigenvalue weighted by Gasteiger charge is -2.62. The van der Waals surface area contributed by atoms with Crippen LogP contribution in [0.5, 0.6) is 0 Å². The standard InChI is InChI=1S/C37H46O11/c1-20(2)33-17-23(18-42-29(39)22-14-10-8-11-15-22)36-25-27(33)44-35(47-33,48-36)16-12-7-5-6-9-13-21(3)24-26(36)37(31(41)45-32(24,4)46-37)30(40)34(19-38)28(25)43-34/h8,10-11,14-15,21,23-28,30,38,40H,1,5-7,9,12-13,16-19H2,2-4H3/t21-,23-,24+,25+,26-,27+,28-,30+,32-,33-,34-,35?,36+,37-/m0/s1. The van der Waals surface area contributed by atoms with E-state index in [0.717, 1.165) is 44.1 Å². The molecule has 8 fully saturated rings. The van der Waals surface area contributed by atoms with E-state index in [4.69, 9.17) is 33.2 Å². The van der Waals surface area contributed by atoms with Gasteiger partial charge in [0.15, 0.2) is 0 Å². The number of benzene rings is 1. The number of esters is 2. The van der Waals surface area contributed by atoms with E-state index in [-0.39, 0.29) is 12.5 Å². The highest BCUT2D eigenvalue weighted by molar-refractivity contribution is 5.89. The number of aliphatic hydroxyl groups excluding tert-OH is 2. The van der Waals surface area contributed by atoms with Crippen molar-refractivity contribution in [2.75, 3.05) is 13.2 Å². The fourth-order valence-corrected chi connectivity index (χ4v) is 11.5. The van der Waals surface area contributed by atoms with Crippen LogP contribution >= 0.6 is 0 Å². The molecule has 5 bridgehead atoms. The monoisotopic (exact) mass is 666 g/mol. The van der Waals surface area contributed by atoms with Crippen molar-refractivity contribution in [1.82, 2.24) is 0 Å². The first-order valence-corrected chi connectivity index (χ1v) is 17.8. The lowest BCUT2D eigenvalue weighted by molar-refractivity contribution is -0.436. The van der Waals surface area contributed by atoms with Gasteiger partial charge in [0, 0.05) is 37.0 Å². The molecule has 48 heavy (non-hydrogen) atoms. The van der Waals surface area contributed by atoms with E-state index in [1.807, 2.05) is 13.0 Å². The van der Waals surface area contributed by atoms with Gasteiger partial charge in [-0.1, -0.05) is 63.8 Å². The third kappa shape index (κ3) is 3.69. The Labute approximate surface area is 280 Å². The summed E-state index contributed by atoms with van der Waals surface area (Å²) in [5, 5.41) is 23.5. The maximum Gasteiger partial charge on any atom is 0.344 e. The summed E-state index contributed by atoms with van der Waals surface area (Å²) in [6, 6.07) is 8.83. The average Bonchev–Trinajstić information content (AvgIpc) is 3.57. The van der Waals surface area contributed by atoms with E-state index >= 15 is 0 Å². The largest absolute Gasteiger partial charge is 0.462 e. The molecule has 0 amide bonds. The number of hydrogen-bond acceptors (Lipinski definition) is 11. The van der Waals surface area contributed by atoms with E-state index < -0.39 is 94.7 Å². The Morgan fingerprint density at radius 3 is 2.52 bits per heavy atom. The fraction of sp³-hybridized carbons (Fsp3) is 0.730. The number of rotatable bonds is 5. The van der Waals surface area contributed by atoms with Gasteiger partial charge in [0.25, 0.3) is 5.97 Å². The summed E-state index contributed by atoms with van der Waals surface area (Å²) in [6.07, 6.45) is 3.55. The Balaban J connectivity index is 1.29. The number of ether oxygens (including phenoxy) is 7. The van der Waals surface area contributed by atoms with Gasteiger partial charge < -0.3 is 43.4 Å². The zero-order valence-electron chi connectivity index (χ0n) is 27.9. The lowest BCUT2D eigenvalue weighted by atomic mass is 9.50. The molecular formula is C37H46O11. The molecule has 6 heterocycles. The van der Waals surface area contributed by atoms with Crippen molar-refractivity contribution in [2.45, 2.75) is 125 Å². The molecular weight excluding hydrogens is 620 g/mol. The normalized spacial score (nSPS) is 52.6.